The molecule has 0 unspecified atom stereocenters. The molecule has 0 fully saturated rings. The summed E-state index contributed by atoms with van der Waals surface area (Å²) in [6, 6.07) is -0.762. The Bertz CT molecular complexity index is 255. The number of aliphatic carboxylic acids is 1. The molecule has 5 nitrogen and oxygen atoms in total. The van der Waals surface area contributed by atoms with Gasteiger partial charge in [0.1, 0.15) is 6.04 Å². The van der Waals surface area contributed by atoms with Gasteiger partial charge in [-0.3, -0.25) is 4.79 Å². The molecule has 106 valence electrons. The first-order valence-electron chi connectivity index (χ1n) is 6.69. The molecule has 0 aliphatic carbocycles. The van der Waals surface area contributed by atoms with E-state index >= 15 is 0 Å². The number of carbonyl (C=O) groups is 2. The van der Waals surface area contributed by atoms with Crippen molar-refractivity contribution in [1.82, 2.24) is 5.32 Å². The van der Waals surface area contributed by atoms with E-state index in [-0.39, 0.29) is 11.8 Å². The summed E-state index contributed by atoms with van der Waals surface area (Å²) in [6.45, 7) is 4.56. The van der Waals surface area contributed by atoms with Crippen molar-refractivity contribution >= 4 is 11.9 Å². The second-order valence-electron chi connectivity index (χ2n) is 5.04. The van der Waals surface area contributed by atoms with Crippen LogP contribution in [0.25, 0.3) is 0 Å². The standard InChI is InChI=1S/C13H26N2O3/c1-10(2)9-11(13(17)18)15-12(16)7-5-3-4-6-8-14/h10-11H,3-9,14H2,1-2H3,(H,15,16)(H,17,18)/t11-/m1/s1. The number of amides is 1. The van der Waals surface area contributed by atoms with Gasteiger partial charge in [0.05, 0.1) is 0 Å². The average Bonchev–Trinajstić information content (AvgIpc) is 2.27. The first-order chi connectivity index (χ1) is 8.47. The number of nitrogens with two attached hydrogens (primary N) is 1. The summed E-state index contributed by atoms with van der Waals surface area (Å²) < 4.78 is 0. The summed E-state index contributed by atoms with van der Waals surface area (Å²) in [5, 5.41) is 11.6. The molecule has 0 aromatic heterocycles. The third kappa shape index (κ3) is 8.98. The van der Waals surface area contributed by atoms with Gasteiger partial charge in [0.15, 0.2) is 0 Å². The van der Waals surface area contributed by atoms with Crippen LogP contribution in [-0.2, 0) is 9.59 Å². The lowest BCUT2D eigenvalue weighted by molar-refractivity contribution is -0.142. The van der Waals surface area contributed by atoms with Crippen molar-refractivity contribution < 1.29 is 14.7 Å². The first-order valence-corrected chi connectivity index (χ1v) is 6.69. The van der Waals surface area contributed by atoms with Crippen molar-refractivity contribution in [2.75, 3.05) is 6.54 Å². The van der Waals surface area contributed by atoms with E-state index < -0.39 is 12.0 Å². The van der Waals surface area contributed by atoms with Crippen LogP contribution in [-0.4, -0.2) is 29.6 Å². The number of nitrogens with one attached hydrogen (secondary N) is 1. The maximum atomic E-state index is 11.6. The van der Waals surface area contributed by atoms with Crippen molar-refractivity contribution in [1.29, 1.82) is 0 Å². The maximum Gasteiger partial charge on any atom is 0.326 e. The van der Waals surface area contributed by atoms with Crippen LogP contribution in [0, 0.1) is 5.92 Å². The lowest BCUT2D eigenvalue weighted by Crippen LogP contribution is -2.41. The third-order valence-corrected chi connectivity index (χ3v) is 2.70. The quantitative estimate of drug-likeness (QED) is 0.518. The fourth-order valence-electron chi connectivity index (χ4n) is 1.74. The van der Waals surface area contributed by atoms with Crippen LogP contribution in [0.3, 0.4) is 0 Å². The van der Waals surface area contributed by atoms with Gasteiger partial charge in [0, 0.05) is 6.42 Å². The van der Waals surface area contributed by atoms with E-state index in [1.807, 2.05) is 13.8 Å². The molecule has 0 heterocycles. The van der Waals surface area contributed by atoms with Crippen molar-refractivity contribution in [2.45, 2.75) is 58.4 Å². The zero-order valence-electron chi connectivity index (χ0n) is 11.4. The summed E-state index contributed by atoms with van der Waals surface area (Å²) in [5.74, 6) is -0.882. The Morgan fingerprint density at radius 2 is 1.78 bits per heavy atom. The van der Waals surface area contributed by atoms with E-state index in [4.69, 9.17) is 10.8 Å². The molecular formula is C13H26N2O3. The minimum Gasteiger partial charge on any atom is -0.480 e. The van der Waals surface area contributed by atoms with Crippen LogP contribution < -0.4 is 11.1 Å². The summed E-state index contributed by atoms with van der Waals surface area (Å²) in [4.78, 5) is 22.5. The van der Waals surface area contributed by atoms with E-state index in [1.54, 1.807) is 0 Å². The Balaban J connectivity index is 3.85. The summed E-state index contributed by atoms with van der Waals surface area (Å²) in [5.41, 5.74) is 5.37. The van der Waals surface area contributed by atoms with E-state index in [0.717, 1.165) is 25.7 Å². The minimum atomic E-state index is -0.958. The molecule has 0 saturated heterocycles. The fraction of sp³-hybridized carbons (Fsp3) is 0.846. The number of carbonyl (C=O) groups excluding carboxylic acids is 1. The molecule has 0 radical (unpaired) electrons. The van der Waals surface area contributed by atoms with E-state index in [2.05, 4.69) is 5.32 Å². The highest BCUT2D eigenvalue weighted by atomic mass is 16.4. The highest BCUT2D eigenvalue weighted by Gasteiger charge is 2.20. The van der Waals surface area contributed by atoms with Crippen molar-refractivity contribution in [3.63, 3.8) is 0 Å². The lowest BCUT2D eigenvalue weighted by atomic mass is 10.0. The molecule has 0 spiro atoms. The molecule has 0 aromatic carbocycles. The summed E-state index contributed by atoms with van der Waals surface area (Å²) in [6.07, 6.45) is 4.62. The largest absolute Gasteiger partial charge is 0.480 e. The molecule has 1 amide bonds. The molecule has 5 heteroatoms. The molecule has 18 heavy (non-hydrogen) atoms. The van der Waals surface area contributed by atoms with Crippen molar-refractivity contribution in [2.24, 2.45) is 11.7 Å². The van der Waals surface area contributed by atoms with E-state index in [1.165, 1.54) is 0 Å². The highest BCUT2D eigenvalue weighted by Crippen LogP contribution is 2.07. The molecule has 0 bridgehead atoms. The van der Waals surface area contributed by atoms with Crippen LogP contribution >= 0.6 is 0 Å². The molecule has 4 N–H and O–H groups in total. The molecule has 0 saturated carbocycles. The van der Waals surface area contributed by atoms with Crippen LogP contribution in [0.1, 0.15) is 52.4 Å². The van der Waals surface area contributed by atoms with E-state index in [9.17, 15) is 9.59 Å². The Morgan fingerprint density at radius 1 is 1.17 bits per heavy atom. The normalized spacial score (nSPS) is 12.4. The van der Waals surface area contributed by atoms with E-state index in [0.29, 0.717) is 19.4 Å². The Hall–Kier alpha value is -1.10. The van der Waals surface area contributed by atoms with Crippen LogP contribution in [0.5, 0.6) is 0 Å². The van der Waals surface area contributed by atoms with Crippen LogP contribution in [0.2, 0.25) is 0 Å². The van der Waals surface area contributed by atoms with Crippen LogP contribution in [0.15, 0.2) is 0 Å². The molecular weight excluding hydrogens is 232 g/mol. The second kappa shape index (κ2) is 9.88. The van der Waals surface area contributed by atoms with Crippen molar-refractivity contribution in [3.05, 3.63) is 0 Å². The molecule has 0 aliphatic rings. The Kier molecular flexibility index (Phi) is 9.28. The zero-order chi connectivity index (χ0) is 14.0. The zero-order valence-corrected chi connectivity index (χ0v) is 11.4. The third-order valence-electron chi connectivity index (χ3n) is 2.70. The Morgan fingerprint density at radius 3 is 2.28 bits per heavy atom. The predicted octanol–water partition coefficient (Wildman–Crippen LogP) is 1.51. The number of hydrogen-bond acceptors (Lipinski definition) is 3. The predicted molar refractivity (Wildman–Crippen MR) is 71.2 cm³/mol. The summed E-state index contributed by atoms with van der Waals surface area (Å²) in [7, 11) is 0. The fourth-order valence-corrected chi connectivity index (χ4v) is 1.74. The van der Waals surface area contributed by atoms with Gasteiger partial charge < -0.3 is 16.2 Å². The molecule has 0 rings (SSSR count). The topological polar surface area (TPSA) is 92.4 Å². The van der Waals surface area contributed by atoms with Gasteiger partial charge in [0.2, 0.25) is 5.91 Å². The SMILES string of the molecule is CC(C)C[C@@H](NC(=O)CCCCCCN)C(=O)O. The van der Waals surface area contributed by atoms with Gasteiger partial charge in [0.25, 0.3) is 0 Å². The molecule has 1 atom stereocenters. The number of carboxylic acid groups (broad SMARTS) is 1. The number of rotatable bonds is 10. The number of hydrogen-bond donors (Lipinski definition) is 3. The highest BCUT2D eigenvalue weighted by molar-refractivity contribution is 5.83. The van der Waals surface area contributed by atoms with Gasteiger partial charge >= 0.3 is 5.97 Å². The van der Waals surface area contributed by atoms with Gasteiger partial charge in [-0.2, -0.15) is 0 Å². The summed E-state index contributed by atoms with van der Waals surface area (Å²) >= 11 is 0. The number of unbranched alkanes of at least 4 members (excludes halogenated alkanes) is 3. The lowest BCUT2D eigenvalue weighted by Gasteiger charge is -2.16. The maximum absolute atomic E-state index is 11.6. The van der Waals surface area contributed by atoms with Gasteiger partial charge in [-0.1, -0.05) is 26.7 Å². The van der Waals surface area contributed by atoms with Gasteiger partial charge in [-0.05, 0) is 31.7 Å². The number of carboxylic acids is 1. The van der Waals surface area contributed by atoms with Gasteiger partial charge in [-0.15, -0.1) is 0 Å². The minimum absolute atomic E-state index is 0.171. The van der Waals surface area contributed by atoms with Crippen molar-refractivity contribution in [3.8, 4) is 0 Å². The monoisotopic (exact) mass is 258 g/mol. The first kappa shape index (κ1) is 16.9. The van der Waals surface area contributed by atoms with Crippen LogP contribution in [0.4, 0.5) is 0 Å². The molecule has 0 aromatic rings. The average molecular weight is 258 g/mol. The van der Waals surface area contributed by atoms with Gasteiger partial charge in [-0.25, -0.2) is 4.79 Å². The second-order valence-corrected chi connectivity index (χ2v) is 5.04. The molecule has 0 aliphatic heterocycles. The Labute approximate surface area is 109 Å². The smallest absolute Gasteiger partial charge is 0.326 e.